The van der Waals surface area contributed by atoms with E-state index in [2.05, 4.69) is 0 Å². The highest BCUT2D eigenvalue weighted by atomic mass is 32.7. The van der Waals surface area contributed by atoms with Crippen molar-refractivity contribution in [3.05, 3.63) is 0 Å². The Kier molecular flexibility index (Phi) is 9.39. The molecule has 0 spiro atoms. The zero-order chi connectivity index (χ0) is 21.1. The number of ether oxygens (including phenoxy) is 4. The first-order valence-corrected chi connectivity index (χ1v) is 12.5. The van der Waals surface area contributed by atoms with E-state index < -0.39 is 49.3 Å². The SMILES string of the molecule is [B]C1CC(OP(=O)([O-])SCC2OC([B])C(O)C2OC(C)C)C(COC(C)C)O1. The van der Waals surface area contributed by atoms with Crippen molar-refractivity contribution in [2.45, 2.75) is 88.9 Å². The van der Waals surface area contributed by atoms with Gasteiger partial charge in [0.25, 0.3) is 0 Å². The minimum atomic E-state index is -4.29. The minimum Gasteiger partial charge on any atom is -0.770 e. The Morgan fingerprint density at radius 2 is 1.89 bits per heavy atom. The Morgan fingerprint density at radius 1 is 1.21 bits per heavy atom. The fraction of sp³-hybridized carbons (Fsp3) is 1.00. The molecular formula is C16H28B2O8PS-. The van der Waals surface area contributed by atoms with Gasteiger partial charge in [0.2, 0.25) is 0 Å². The molecule has 12 heteroatoms. The van der Waals surface area contributed by atoms with Gasteiger partial charge >= 0.3 is 0 Å². The van der Waals surface area contributed by atoms with Gasteiger partial charge in [-0.25, -0.2) is 0 Å². The summed E-state index contributed by atoms with van der Waals surface area (Å²) in [6, 6.07) is -1.54. The van der Waals surface area contributed by atoms with Crippen LogP contribution in [0.2, 0.25) is 0 Å². The second-order valence-corrected chi connectivity index (χ2v) is 11.3. The molecule has 0 aromatic carbocycles. The third-order valence-electron chi connectivity index (χ3n) is 4.28. The summed E-state index contributed by atoms with van der Waals surface area (Å²) in [6.07, 6.45) is -3.64. The maximum atomic E-state index is 12.5. The topological polar surface area (TPSA) is 107 Å². The molecule has 8 unspecified atom stereocenters. The van der Waals surface area contributed by atoms with Crippen LogP contribution in [-0.2, 0) is 28.0 Å². The maximum Gasteiger partial charge on any atom is 0.192 e. The lowest BCUT2D eigenvalue weighted by molar-refractivity contribution is -0.196. The maximum absolute atomic E-state index is 12.5. The van der Waals surface area contributed by atoms with Crippen molar-refractivity contribution < 1.29 is 38.0 Å². The quantitative estimate of drug-likeness (QED) is 0.386. The van der Waals surface area contributed by atoms with Crippen LogP contribution < -0.4 is 4.89 Å². The van der Waals surface area contributed by atoms with Crippen molar-refractivity contribution in [2.75, 3.05) is 12.4 Å². The van der Waals surface area contributed by atoms with Crippen LogP contribution in [0, 0.1) is 0 Å². The van der Waals surface area contributed by atoms with Crippen LogP contribution >= 0.6 is 18.2 Å². The average molecular weight is 433 g/mol. The van der Waals surface area contributed by atoms with Gasteiger partial charge in [-0.05, 0) is 34.1 Å². The molecule has 4 radical (unpaired) electrons. The van der Waals surface area contributed by atoms with E-state index in [4.69, 9.17) is 39.2 Å². The Bertz CT molecular complexity index is 543. The monoisotopic (exact) mass is 433 g/mol. The highest BCUT2D eigenvalue weighted by Gasteiger charge is 2.43. The van der Waals surface area contributed by atoms with Crippen molar-refractivity contribution >= 4 is 33.9 Å². The molecule has 0 aromatic rings. The lowest BCUT2D eigenvalue weighted by atomic mass is 9.93. The van der Waals surface area contributed by atoms with Gasteiger partial charge in [-0.2, -0.15) is 0 Å². The molecule has 8 nitrogen and oxygen atoms in total. The predicted octanol–water partition coefficient (Wildman–Crippen LogP) is 0.330. The molecule has 1 N–H and O–H groups in total. The van der Waals surface area contributed by atoms with E-state index in [1.165, 1.54) is 0 Å². The molecule has 0 aromatic heterocycles. The lowest BCUT2D eigenvalue weighted by Gasteiger charge is -2.30. The molecule has 2 aliphatic rings. The van der Waals surface area contributed by atoms with Crippen molar-refractivity contribution in [1.82, 2.24) is 0 Å². The van der Waals surface area contributed by atoms with Crippen LogP contribution in [0.4, 0.5) is 0 Å². The number of aliphatic hydroxyl groups excluding tert-OH is 1. The van der Waals surface area contributed by atoms with E-state index in [0.29, 0.717) is 11.4 Å². The van der Waals surface area contributed by atoms with Gasteiger partial charge < -0.3 is 33.5 Å². The van der Waals surface area contributed by atoms with Crippen LogP contribution in [-0.4, -0.2) is 87.9 Å². The van der Waals surface area contributed by atoms with Crippen molar-refractivity contribution in [3.8, 4) is 0 Å². The molecule has 28 heavy (non-hydrogen) atoms. The van der Waals surface area contributed by atoms with Crippen LogP contribution in [0.3, 0.4) is 0 Å². The third-order valence-corrected chi connectivity index (χ3v) is 7.26. The molecule has 0 bridgehead atoms. The first-order chi connectivity index (χ1) is 13.0. The zero-order valence-corrected chi connectivity index (χ0v) is 18.3. The highest BCUT2D eigenvalue weighted by Crippen LogP contribution is 2.54. The summed E-state index contributed by atoms with van der Waals surface area (Å²) < 4.78 is 39.9. The van der Waals surface area contributed by atoms with E-state index in [1.54, 1.807) is 0 Å². The van der Waals surface area contributed by atoms with Crippen LogP contribution in [0.25, 0.3) is 0 Å². The smallest absolute Gasteiger partial charge is 0.192 e. The van der Waals surface area contributed by atoms with Gasteiger partial charge in [-0.3, -0.25) is 4.57 Å². The van der Waals surface area contributed by atoms with Crippen molar-refractivity contribution in [1.29, 1.82) is 0 Å². The van der Waals surface area contributed by atoms with Crippen LogP contribution in [0.1, 0.15) is 34.1 Å². The molecule has 2 fully saturated rings. The first-order valence-electron chi connectivity index (χ1n) is 9.39. The lowest BCUT2D eigenvalue weighted by Crippen LogP contribution is -2.38. The third kappa shape index (κ3) is 7.29. The zero-order valence-electron chi connectivity index (χ0n) is 16.6. The molecule has 158 valence electrons. The highest BCUT2D eigenvalue weighted by molar-refractivity contribution is 8.54. The standard InChI is InChI=1S/C16H29B2O8PS/c1-8(2)22-6-11-10(5-13(17)24-11)26-27(20,21)28-7-12-15(23-9(3)4)14(19)16(18)25-12/h8-16,19H,5-7H2,1-4H3,(H,20,21)/p-1. The summed E-state index contributed by atoms with van der Waals surface area (Å²) in [7, 11) is 11.5. The Labute approximate surface area is 173 Å². The molecule has 0 aliphatic carbocycles. The molecule has 0 saturated carbocycles. The number of hydrogen-bond acceptors (Lipinski definition) is 9. The van der Waals surface area contributed by atoms with E-state index in [0.717, 1.165) is 0 Å². The van der Waals surface area contributed by atoms with E-state index in [9.17, 15) is 14.6 Å². The summed E-state index contributed by atoms with van der Waals surface area (Å²) in [5.74, 6) is 0.00964. The second kappa shape index (κ2) is 10.6. The molecule has 2 aliphatic heterocycles. The van der Waals surface area contributed by atoms with Gasteiger partial charge in [0.05, 0.1) is 31.0 Å². The molecule has 2 heterocycles. The molecule has 0 amide bonds. The van der Waals surface area contributed by atoms with E-state index in [-0.39, 0.29) is 31.0 Å². The average Bonchev–Trinajstić information content (AvgIpc) is 3.04. The van der Waals surface area contributed by atoms with E-state index >= 15 is 0 Å². The fourth-order valence-electron chi connectivity index (χ4n) is 3.04. The van der Waals surface area contributed by atoms with Gasteiger partial charge in [0.1, 0.15) is 34.0 Å². The first kappa shape index (κ1) is 24.7. The van der Waals surface area contributed by atoms with Gasteiger partial charge in [-0.1, -0.05) is 11.4 Å². The Hall–Kier alpha value is 0.430. The van der Waals surface area contributed by atoms with Gasteiger partial charge in [0.15, 0.2) is 6.80 Å². The Morgan fingerprint density at radius 3 is 2.50 bits per heavy atom. The summed E-state index contributed by atoms with van der Waals surface area (Å²) in [4.78, 5) is 12.5. The molecule has 2 saturated heterocycles. The number of rotatable bonds is 10. The predicted molar refractivity (Wildman–Crippen MR) is 105 cm³/mol. The number of hydrogen-bond donors (Lipinski definition) is 1. The fourth-order valence-corrected chi connectivity index (χ4v) is 5.75. The summed E-state index contributed by atoms with van der Waals surface area (Å²) in [6.45, 7) is 3.27. The molecule has 8 atom stereocenters. The largest absolute Gasteiger partial charge is 0.770 e. The summed E-state index contributed by atoms with van der Waals surface area (Å²) in [5, 5.41) is 10.1. The van der Waals surface area contributed by atoms with Crippen LogP contribution in [0.5, 0.6) is 0 Å². The van der Waals surface area contributed by atoms with Crippen molar-refractivity contribution in [2.24, 2.45) is 0 Å². The molecule has 2 rings (SSSR count). The normalized spacial score (nSPS) is 38.4. The Balaban J connectivity index is 1.90. The summed E-state index contributed by atoms with van der Waals surface area (Å²) >= 11 is 0.594. The summed E-state index contributed by atoms with van der Waals surface area (Å²) in [5.41, 5.74) is 0. The number of aliphatic hydroxyl groups is 1. The van der Waals surface area contributed by atoms with Gasteiger partial charge in [-0.15, -0.1) is 0 Å². The van der Waals surface area contributed by atoms with Crippen molar-refractivity contribution in [3.63, 3.8) is 0 Å². The van der Waals surface area contributed by atoms with Gasteiger partial charge in [0, 0.05) is 17.8 Å². The minimum absolute atomic E-state index is 0.00964. The van der Waals surface area contributed by atoms with E-state index in [1.807, 2.05) is 27.7 Å². The second-order valence-electron chi connectivity index (χ2n) is 7.50. The molecular weight excluding hydrogens is 405 g/mol. The van der Waals surface area contributed by atoms with Crippen LogP contribution in [0.15, 0.2) is 0 Å².